The van der Waals surface area contributed by atoms with Gasteiger partial charge in [-0.05, 0) is 25.0 Å². The number of anilines is 1. The number of ether oxygens (including phenoxy) is 1. The second-order valence-electron chi connectivity index (χ2n) is 3.14. The molecule has 88 valence electrons. The van der Waals surface area contributed by atoms with Crippen molar-refractivity contribution in [3.05, 3.63) is 29.3 Å². The van der Waals surface area contributed by atoms with Gasteiger partial charge in [-0.2, -0.15) is 0 Å². The number of rotatable bonds is 5. The van der Waals surface area contributed by atoms with E-state index in [1.54, 1.807) is 24.3 Å². The molecule has 1 rings (SSSR count). The lowest BCUT2D eigenvalue weighted by molar-refractivity contribution is 0.160. The summed E-state index contributed by atoms with van der Waals surface area (Å²) in [6.45, 7) is 0.364. The third kappa shape index (κ3) is 4.73. The average molecular weight is 262 g/mol. The zero-order chi connectivity index (χ0) is 11.8. The van der Waals surface area contributed by atoms with Gasteiger partial charge in [-0.25, -0.2) is 4.79 Å². The minimum absolute atomic E-state index is 0.364. The van der Waals surface area contributed by atoms with E-state index in [1.807, 2.05) is 0 Å². The molecule has 0 unspecified atom stereocenters. The van der Waals surface area contributed by atoms with Gasteiger partial charge >= 0.3 is 6.09 Å². The molecular weight excluding hydrogens is 249 g/mol. The quantitative estimate of drug-likeness (QED) is 0.645. The van der Waals surface area contributed by atoms with E-state index in [9.17, 15) is 4.79 Å². The largest absolute Gasteiger partial charge is 0.449 e. The number of unbranched alkanes of at least 4 members (excludes halogenated alkanes) is 1. The van der Waals surface area contributed by atoms with Crippen LogP contribution < -0.4 is 5.32 Å². The molecular formula is C11H13Cl2NO2. The van der Waals surface area contributed by atoms with Gasteiger partial charge in [-0.3, -0.25) is 5.32 Å². The molecule has 0 saturated heterocycles. The maximum atomic E-state index is 11.3. The summed E-state index contributed by atoms with van der Waals surface area (Å²) in [5.41, 5.74) is 0.548. The summed E-state index contributed by atoms with van der Waals surface area (Å²) in [7, 11) is 0. The van der Waals surface area contributed by atoms with Crippen molar-refractivity contribution in [2.24, 2.45) is 0 Å². The van der Waals surface area contributed by atoms with E-state index in [4.69, 9.17) is 27.9 Å². The Morgan fingerprint density at radius 1 is 1.31 bits per heavy atom. The fourth-order valence-corrected chi connectivity index (χ4v) is 1.44. The van der Waals surface area contributed by atoms with Crippen LogP contribution in [-0.2, 0) is 4.74 Å². The SMILES string of the molecule is O=C(Nc1ccccc1Cl)OCCCCCl. The van der Waals surface area contributed by atoms with Crippen LogP contribution in [0.15, 0.2) is 24.3 Å². The van der Waals surface area contributed by atoms with Crippen molar-refractivity contribution in [1.29, 1.82) is 0 Å². The molecule has 0 heterocycles. The van der Waals surface area contributed by atoms with Gasteiger partial charge in [0.2, 0.25) is 0 Å². The predicted molar refractivity (Wildman–Crippen MR) is 66.4 cm³/mol. The highest BCUT2D eigenvalue weighted by molar-refractivity contribution is 6.33. The van der Waals surface area contributed by atoms with Crippen molar-refractivity contribution in [2.45, 2.75) is 12.8 Å². The summed E-state index contributed by atoms with van der Waals surface area (Å²) in [4.78, 5) is 11.3. The van der Waals surface area contributed by atoms with Gasteiger partial charge in [-0.1, -0.05) is 23.7 Å². The molecule has 3 nitrogen and oxygen atoms in total. The molecule has 0 aliphatic heterocycles. The predicted octanol–water partition coefficient (Wildman–Crippen LogP) is 3.91. The van der Waals surface area contributed by atoms with E-state index in [1.165, 1.54) is 0 Å². The molecule has 0 aliphatic rings. The summed E-state index contributed by atoms with van der Waals surface area (Å²) >= 11 is 11.4. The fourth-order valence-electron chi connectivity index (χ4n) is 1.07. The smallest absolute Gasteiger partial charge is 0.411 e. The van der Waals surface area contributed by atoms with Crippen molar-refractivity contribution in [1.82, 2.24) is 0 Å². The Balaban J connectivity index is 2.32. The van der Waals surface area contributed by atoms with Gasteiger partial charge in [0.1, 0.15) is 0 Å². The first kappa shape index (κ1) is 13.1. The van der Waals surface area contributed by atoms with Gasteiger partial charge in [0.05, 0.1) is 17.3 Å². The minimum Gasteiger partial charge on any atom is -0.449 e. The molecule has 16 heavy (non-hydrogen) atoms. The number of carbonyl (C=O) groups excluding carboxylic acids is 1. The number of hydrogen-bond donors (Lipinski definition) is 1. The Morgan fingerprint density at radius 2 is 2.06 bits per heavy atom. The Hall–Kier alpha value is -0.930. The van der Waals surface area contributed by atoms with Crippen molar-refractivity contribution < 1.29 is 9.53 Å². The number of alkyl halides is 1. The van der Waals surface area contributed by atoms with E-state index in [0.29, 0.717) is 23.2 Å². The van der Waals surface area contributed by atoms with E-state index in [2.05, 4.69) is 5.32 Å². The first-order chi connectivity index (χ1) is 7.74. The van der Waals surface area contributed by atoms with Gasteiger partial charge in [-0.15, -0.1) is 11.6 Å². The molecule has 1 aromatic carbocycles. The van der Waals surface area contributed by atoms with Crippen LogP contribution in [0.1, 0.15) is 12.8 Å². The summed E-state index contributed by atoms with van der Waals surface area (Å²) in [6.07, 6.45) is 1.10. The van der Waals surface area contributed by atoms with Gasteiger partial charge in [0, 0.05) is 5.88 Å². The molecule has 1 N–H and O–H groups in total. The Kier molecular flexibility index (Phi) is 6.04. The van der Waals surface area contributed by atoms with Crippen LogP contribution in [0.5, 0.6) is 0 Å². The maximum Gasteiger partial charge on any atom is 0.411 e. The Bertz CT molecular complexity index is 345. The van der Waals surface area contributed by atoms with Crippen LogP contribution in [0, 0.1) is 0 Å². The number of nitrogens with one attached hydrogen (secondary N) is 1. The fraction of sp³-hybridized carbons (Fsp3) is 0.364. The third-order valence-corrected chi connectivity index (χ3v) is 2.47. The zero-order valence-corrected chi connectivity index (χ0v) is 10.2. The number of hydrogen-bond acceptors (Lipinski definition) is 2. The first-order valence-electron chi connectivity index (χ1n) is 4.98. The summed E-state index contributed by atoms with van der Waals surface area (Å²) in [5, 5.41) is 3.05. The first-order valence-corrected chi connectivity index (χ1v) is 5.89. The summed E-state index contributed by atoms with van der Waals surface area (Å²) in [5.74, 6) is 0.579. The summed E-state index contributed by atoms with van der Waals surface area (Å²) in [6, 6.07) is 6.99. The van der Waals surface area contributed by atoms with E-state index in [-0.39, 0.29) is 0 Å². The molecule has 0 bridgehead atoms. The molecule has 1 amide bonds. The van der Waals surface area contributed by atoms with Gasteiger partial charge < -0.3 is 4.74 Å². The lowest BCUT2D eigenvalue weighted by Gasteiger charge is -2.07. The summed E-state index contributed by atoms with van der Waals surface area (Å²) < 4.78 is 4.94. The monoisotopic (exact) mass is 261 g/mol. The minimum atomic E-state index is -0.498. The average Bonchev–Trinajstić information content (AvgIpc) is 2.28. The van der Waals surface area contributed by atoms with Crippen molar-refractivity contribution in [3.8, 4) is 0 Å². The molecule has 1 aromatic rings. The Morgan fingerprint density at radius 3 is 2.75 bits per heavy atom. The normalized spacial score (nSPS) is 9.88. The lowest BCUT2D eigenvalue weighted by atomic mass is 10.3. The van der Waals surface area contributed by atoms with Crippen LogP contribution in [0.2, 0.25) is 5.02 Å². The van der Waals surface area contributed by atoms with Crippen molar-refractivity contribution in [2.75, 3.05) is 17.8 Å². The van der Waals surface area contributed by atoms with Crippen molar-refractivity contribution >= 4 is 35.0 Å². The van der Waals surface area contributed by atoms with E-state index < -0.39 is 6.09 Å². The second-order valence-corrected chi connectivity index (χ2v) is 3.92. The molecule has 0 aromatic heterocycles. The molecule has 0 atom stereocenters. The topological polar surface area (TPSA) is 38.3 Å². The number of para-hydroxylation sites is 1. The standard InChI is InChI=1S/C11H13Cl2NO2/c12-7-3-4-8-16-11(15)14-10-6-2-1-5-9(10)13/h1-2,5-6H,3-4,7-8H2,(H,14,15). The van der Waals surface area contributed by atoms with E-state index >= 15 is 0 Å². The molecule has 0 aliphatic carbocycles. The molecule has 0 spiro atoms. The highest BCUT2D eigenvalue weighted by Crippen LogP contribution is 2.20. The number of halogens is 2. The van der Waals surface area contributed by atoms with E-state index in [0.717, 1.165) is 12.8 Å². The lowest BCUT2D eigenvalue weighted by Crippen LogP contribution is -2.14. The number of amides is 1. The van der Waals surface area contributed by atoms with Crippen LogP contribution in [0.4, 0.5) is 10.5 Å². The van der Waals surface area contributed by atoms with Crippen molar-refractivity contribution in [3.63, 3.8) is 0 Å². The zero-order valence-electron chi connectivity index (χ0n) is 8.71. The highest BCUT2D eigenvalue weighted by atomic mass is 35.5. The van der Waals surface area contributed by atoms with Gasteiger partial charge in [0.25, 0.3) is 0 Å². The second kappa shape index (κ2) is 7.36. The Labute approximate surface area is 105 Å². The molecule has 0 fully saturated rings. The van der Waals surface area contributed by atoms with Crippen LogP contribution in [0.3, 0.4) is 0 Å². The highest BCUT2D eigenvalue weighted by Gasteiger charge is 2.05. The third-order valence-electron chi connectivity index (χ3n) is 1.87. The number of carbonyl (C=O) groups is 1. The molecule has 5 heteroatoms. The molecule has 0 radical (unpaired) electrons. The maximum absolute atomic E-state index is 11.3. The van der Waals surface area contributed by atoms with Crippen LogP contribution in [0.25, 0.3) is 0 Å². The van der Waals surface area contributed by atoms with Gasteiger partial charge in [0.15, 0.2) is 0 Å². The molecule has 0 saturated carbocycles. The van der Waals surface area contributed by atoms with Crippen LogP contribution in [-0.4, -0.2) is 18.6 Å². The van der Waals surface area contributed by atoms with Crippen LogP contribution >= 0.6 is 23.2 Å². The number of benzene rings is 1.